The predicted molar refractivity (Wildman–Crippen MR) is 108 cm³/mol. The minimum atomic E-state index is -0.401. The molecule has 4 aliphatic carbocycles. The monoisotopic (exact) mass is 434 g/mol. The van der Waals surface area contributed by atoms with E-state index in [4.69, 9.17) is 14.6 Å². The summed E-state index contributed by atoms with van der Waals surface area (Å²) in [7, 11) is 0. The summed E-state index contributed by atoms with van der Waals surface area (Å²) in [6.07, 6.45) is 3.75. The van der Waals surface area contributed by atoms with Crippen molar-refractivity contribution in [3.05, 3.63) is 0 Å². The number of cyclic esters (lactones) is 2. The highest BCUT2D eigenvalue weighted by molar-refractivity contribution is 5.96. The summed E-state index contributed by atoms with van der Waals surface area (Å²) in [5, 5.41) is 19.0. The minimum absolute atomic E-state index is 0.0485. The highest BCUT2D eigenvalue weighted by atomic mass is 16.6. The number of fused-ring (bicyclic) bond motifs is 4. The Morgan fingerprint density at radius 1 is 0.968 bits per heavy atom. The van der Waals surface area contributed by atoms with Crippen LogP contribution in [0.25, 0.3) is 0 Å². The third-order valence-electron chi connectivity index (χ3n) is 9.86. The van der Waals surface area contributed by atoms with E-state index in [2.05, 4.69) is 6.92 Å². The minimum Gasteiger partial charge on any atom is -0.463 e. The van der Waals surface area contributed by atoms with Crippen molar-refractivity contribution in [1.82, 2.24) is 0 Å². The second-order valence-corrected chi connectivity index (χ2v) is 10.9. The van der Waals surface area contributed by atoms with E-state index in [1.54, 1.807) is 0 Å². The van der Waals surface area contributed by atoms with Crippen molar-refractivity contribution in [2.75, 3.05) is 19.8 Å². The third-order valence-corrected chi connectivity index (χ3v) is 9.86. The van der Waals surface area contributed by atoms with Crippen LogP contribution in [0.15, 0.2) is 0 Å². The summed E-state index contributed by atoms with van der Waals surface area (Å²) in [5.74, 6) is 1.00. The van der Waals surface area contributed by atoms with Crippen LogP contribution in [0.3, 0.4) is 0 Å². The molecule has 1 heterocycles. The smallest absolute Gasteiger partial charge is 0.317 e. The number of carbonyl (C=O) groups excluding carboxylic acids is 3. The average molecular weight is 435 g/mol. The molecule has 0 aromatic carbocycles. The normalized spacial score (nSPS) is 50.3. The van der Waals surface area contributed by atoms with E-state index < -0.39 is 11.9 Å². The highest BCUT2D eigenvalue weighted by Gasteiger charge is 2.65. The van der Waals surface area contributed by atoms with Crippen LogP contribution in [0.4, 0.5) is 0 Å². The van der Waals surface area contributed by atoms with E-state index in [-0.39, 0.29) is 61.3 Å². The Balaban J connectivity index is 1.41. The molecule has 1 saturated heterocycles. The Morgan fingerprint density at radius 3 is 2.29 bits per heavy atom. The Morgan fingerprint density at radius 2 is 1.68 bits per heavy atom. The van der Waals surface area contributed by atoms with Crippen LogP contribution in [0, 0.1) is 71.0 Å². The second kappa shape index (κ2) is 7.84. The van der Waals surface area contributed by atoms with Gasteiger partial charge in [0.1, 0.15) is 6.61 Å². The number of carbonyl (C=O) groups is 3. The van der Waals surface area contributed by atoms with Gasteiger partial charge in [0, 0.05) is 6.61 Å². The molecule has 0 amide bonds. The number of hydrogen-bond donors (Lipinski definition) is 2. The molecular weight excluding hydrogens is 400 g/mol. The fraction of sp³-hybridized carbons (Fsp3) is 0.875. The Kier molecular flexibility index (Phi) is 5.40. The summed E-state index contributed by atoms with van der Waals surface area (Å²) in [6, 6.07) is 0. The molecule has 7 nitrogen and oxygen atoms in total. The number of aliphatic hydroxyl groups excluding tert-OH is 2. The molecule has 172 valence electrons. The van der Waals surface area contributed by atoms with E-state index in [9.17, 15) is 19.5 Å². The third kappa shape index (κ3) is 3.10. The molecule has 12 atom stereocenters. The van der Waals surface area contributed by atoms with E-state index in [0.717, 1.165) is 25.7 Å². The summed E-state index contributed by atoms with van der Waals surface area (Å²) in [4.78, 5) is 37.4. The van der Waals surface area contributed by atoms with Gasteiger partial charge in [0.25, 0.3) is 0 Å². The van der Waals surface area contributed by atoms with Crippen LogP contribution in [0.1, 0.15) is 39.5 Å². The molecule has 12 unspecified atom stereocenters. The maximum atomic E-state index is 12.7. The SMILES string of the molecule is CC1C(=O)OC(=O)C1C1C2CC(CO)C(C2)C1C1C2CC(C(=O)OCCO)C(C2)C1C. The number of ether oxygens (including phenoxy) is 2. The maximum Gasteiger partial charge on any atom is 0.317 e. The molecule has 7 heteroatoms. The fourth-order valence-electron chi connectivity index (χ4n) is 8.88. The molecule has 4 saturated carbocycles. The number of esters is 3. The van der Waals surface area contributed by atoms with Crippen LogP contribution < -0.4 is 0 Å². The molecule has 4 bridgehead atoms. The van der Waals surface area contributed by atoms with Gasteiger partial charge < -0.3 is 19.7 Å². The van der Waals surface area contributed by atoms with Crippen molar-refractivity contribution < 1.29 is 34.1 Å². The molecule has 0 aromatic rings. The first-order chi connectivity index (χ1) is 14.9. The molecular formula is C24H34O7. The quantitative estimate of drug-likeness (QED) is 0.483. The van der Waals surface area contributed by atoms with Gasteiger partial charge in [-0.1, -0.05) is 13.8 Å². The van der Waals surface area contributed by atoms with Crippen molar-refractivity contribution in [3.8, 4) is 0 Å². The summed E-state index contributed by atoms with van der Waals surface area (Å²) in [5.41, 5.74) is 0. The van der Waals surface area contributed by atoms with E-state index in [1.807, 2.05) is 6.92 Å². The lowest BCUT2D eigenvalue weighted by Crippen LogP contribution is -2.45. The molecule has 0 radical (unpaired) electrons. The molecule has 1 aliphatic heterocycles. The lowest BCUT2D eigenvalue weighted by Gasteiger charge is -2.46. The highest BCUT2D eigenvalue weighted by Crippen LogP contribution is 2.68. The van der Waals surface area contributed by atoms with Crippen LogP contribution in [0.2, 0.25) is 0 Å². The van der Waals surface area contributed by atoms with Crippen LogP contribution in [-0.4, -0.2) is 47.9 Å². The van der Waals surface area contributed by atoms with Gasteiger partial charge in [0.2, 0.25) is 0 Å². The predicted octanol–water partition coefficient (Wildman–Crippen LogP) is 1.65. The zero-order valence-corrected chi connectivity index (χ0v) is 18.3. The van der Waals surface area contributed by atoms with Crippen molar-refractivity contribution in [2.45, 2.75) is 39.5 Å². The topological polar surface area (TPSA) is 110 Å². The zero-order valence-electron chi connectivity index (χ0n) is 18.3. The Hall–Kier alpha value is -1.47. The lowest BCUT2D eigenvalue weighted by atomic mass is 9.57. The van der Waals surface area contributed by atoms with E-state index >= 15 is 0 Å². The fourth-order valence-corrected chi connectivity index (χ4v) is 8.88. The molecule has 0 aromatic heterocycles. The number of aliphatic hydroxyl groups is 2. The van der Waals surface area contributed by atoms with Crippen molar-refractivity contribution in [1.29, 1.82) is 0 Å². The van der Waals surface area contributed by atoms with Gasteiger partial charge in [-0.3, -0.25) is 14.4 Å². The molecule has 5 aliphatic rings. The van der Waals surface area contributed by atoms with Crippen molar-refractivity contribution in [2.24, 2.45) is 71.0 Å². The van der Waals surface area contributed by atoms with Gasteiger partial charge in [-0.05, 0) is 78.9 Å². The molecule has 31 heavy (non-hydrogen) atoms. The average Bonchev–Trinajstić information content (AvgIpc) is 3.53. The van der Waals surface area contributed by atoms with Crippen molar-refractivity contribution in [3.63, 3.8) is 0 Å². The zero-order chi connectivity index (χ0) is 22.0. The number of hydrogen-bond acceptors (Lipinski definition) is 7. The van der Waals surface area contributed by atoms with E-state index in [1.165, 1.54) is 0 Å². The van der Waals surface area contributed by atoms with Crippen LogP contribution >= 0.6 is 0 Å². The first-order valence-electron chi connectivity index (χ1n) is 12.0. The van der Waals surface area contributed by atoms with E-state index in [0.29, 0.717) is 35.5 Å². The first kappa shape index (κ1) is 21.4. The molecule has 5 fully saturated rings. The maximum absolute atomic E-state index is 12.7. The van der Waals surface area contributed by atoms with Gasteiger partial charge >= 0.3 is 17.9 Å². The Labute approximate surface area is 182 Å². The summed E-state index contributed by atoms with van der Waals surface area (Å²) >= 11 is 0. The van der Waals surface area contributed by atoms with Gasteiger partial charge in [-0.25, -0.2) is 0 Å². The first-order valence-corrected chi connectivity index (χ1v) is 12.0. The van der Waals surface area contributed by atoms with Crippen molar-refractivity contribution >= 4 is 17.9 Å². The van der Waals surface area contributed by atoms with Gasteiger partial charge in [0.05, 0.1) is 24.4 Å². The van der Waals surface area contributed by atoms with Crippen LogP contribution in [-0.2, 0) is 23.9 Å². The Bertz CT molecular complexity index is 763. The summed E-state index contributed by atoms with van der Waals surface area (Å²) < 4.78 is 10.3. The standard InChI is InChI=1S/C24H34O7/c1-10-15-6-13(8-17(15)23(28)30-4-3-25)18(10)21-16-7-12(5-14(16)9-26)20(21)19-11(2)22(27)31-24(19)29/h10-21,25-26H,3-9H2,1-2H3. The number of rotatable bonds is 6. The van der Waals surface area contributed by atoms with Crippen LogP contribution in [0.5, 0.6) is 0 Å². The second-order valence-electron chi connectivity index (χ2n) is 10.9. The molecule has 5 rings (SSSR count). The molecule has 2 N–H and O–H groups in total. The lowest BCUT2D eigenvalue weighted by molar-refractivity contribution is -0.154. The largest absolute Gasteiger partial charge is 0.463 e. The van der Waals surface area contributed by atoms with Gasteiger partial charge in [0.15, 0.2) is 0 Å². The summed E-state index contributed by atoms with van der Waals surface area (Å²) in [6.45, 7) is 4.13. The van der Waals surface area contributed by atoms with Gasteiger partial charge in [-0.15, -0.1) is 0 Å². The molecule has 0 spiro atoms. The van der Waals surface area contributed by atoms with Gasteiger partial charge in [-0.2, -0.15) is 0 Å².